The van der Waals surface area contributed by atoms with Gasteiger partial charge in [-0.3, -0.25) is 0 Å². The van der Waals surface area contributed by atoms with E-state index in [1.807, 2.05) is 23.9 Å². The third-order valence-corrected chi connectivity index (χ3v) is 4.58. The van der Waals surface area contributed by atoms with Crippen LogP contribution in [0.5, 0.6) is 5.75 Å². The van der Waals surface area contributed by atoms with Gasteiger partial charge in [0.05, 0.1) is 12.1 Å². The minimum absolute atomic E-state index is 0.267. The van der Waals surface area contributed by atoms with E-state index in [4.69, 9.17) is 16.3 Å². The van der Waals surface area contributed by atoms with E-state index in [0.29, 0.717) is 11.1 Å². The fraction of sp³-hybridized carbons (Fsp3) is 0.625. The summed E-state index contributed by atoms with van der Waals surface area (Å²) in [5, 5.41) is 4.27. The monoisotopic (exact) mass is 315 g/mol. The number of benzene rings is 1. The first-order valence-corrected chi connectivity index (χ1v) is 8.44. The van der Waals surface area contributed by atoms with E-state index in [1.54, 1.807) is 7.11 Å². The number of methoxy groups -OCH3 is 1. The minimum Gasteiger partial charge on any atom is -0.495 e. The summed E-state index contributed by atoms with van der Waals surface area (Å²) in [5.41, 5.74) is 1.23. The van der Waals surface area contributed by atoms with Crippen LogP contribution in [0.1, 0.15) is 45.7 Å². The lowest BCUT2D eigenvalue weighted by atomic mass is 10.1. The van der Waals surface area contributed by atoms with Crippen molar-refractivity contribution in [3.8, 4) is 5.75 Å². The van der Waals surface area contributed by atoms with Gasteiger partial charge in [0.2, 0.25) is 0 Å². The number of nitrogens with one attached hydrogen (secondary N) is 1. The third kappa shape index (κ3) is 5.94. The average Bonchev–Trinajstić information content (AvgIpc) is 2.39. The summed E-state index contributed by atoms with van der Waals surface area (Å²) in [6, 6.07) is 6.36. The molecule has 0 aliphatic rings. The summed E-state index contributed by atoms with van der Waals surface area (Å²) in [6.45, 7) is 9.94. The highest BCUT2D eigenvalue weighted by molar-refractivity contribution is 8.00. The maximum absolute atomic E-state index is 6.10. The van der Waals surface area contributed by atoms with Crippen LogP contribution in [0.15, 0.2) is 18.2 Å². The maximum Gasteiger partial charge on any atom is 0.137 e. The first-order valence-electron chi connectivity index (χ1n) is 7.08. The second-order valence-corrected chi connectivity index (χ2v) is 8.08. The Labute approximate surface area is 132 Å². The van der Waals surface area contributed by atoms with E-state index in [0.717, 1.165) is 24.5 Å². The van der Waals surface area contributed by atoms with Crippen LogP contribution in [-0.2, 0) is 0 Å². The molecule has 0 aliphatic carbocycles. The number of halogens is 1. The largest absolute Gasteiger partial charge is 0.495 e. The van der Waals surface area contributed by atoms with E-state index in [2.05, 4.69) is 39.1 Å². The van der Waals surface area contributed by atoms with Gasteiger partial charge in [-0.1, -0.05) is 45.4 Å². The molecule has 0 heterocycles. The molecule has 1 aromatic carbocycles. The average molecular weight is 316 g/mol. The molecule has 0 spiro atoms. The van der Waals surface area contributed by atoms with Crippen LogP contribution in [-0.4, -0.2) is 24.2 Å². The van der Waals surface area contributed by atoms with Crippen molar-refractivity contribution in [3.05, 3.63) is 28.8 Å². The van der Waals surface area contributed by atoms with Gasteiger partial charge in [0.15, 0.2) is 0 Å². The normalized spacial score (nSPS) is 13.3. The number of hydrogen-bond acceptors (Lipinski definition) is 3. The van der Waals surface area contributed by atoms with Gasteiger partial charge in [0.1, 0.15) is 5.75 Å². The second-order valence-electron chi connectivity index (χ2n) is 5.82. The quantitative estimate of drug-likeness (QED) is 0.771. The van der Waals surface area contributed by atoms with Crippen LogP contribution >= 0.6 is 23.4 Å². The lowest BCUT2D eigenvalue weighted by molar-refractivity contribution is 0.413. The Balaban J connectivity index is 2.86. The SMILES string of the molecule is CCCNC(CSC(C)(C)C)c1ccc(Cl)c(OC)c1. The van der Waals surface area contributed by atoms with Gasteiger partial charge in [-0.2, -0.15) is 11.8 Å². The molecule has 114 valence electrons. The molecular weight excluding hydrogens is 290 g/mol. The summed E-state index contributed by atoms with van der Waals surface area (Å²) < 4.78 is 5.59. The van der Waals surface area contributed by atoms with Gasteiger partial charge in [0, 0.05) is 16.5 Å². The molecule has 0 fully saturated rings. The van der Waals surface area contributed by atoms with Crippen molar-refractivity contribution >= 4 is 23.4 Å². The molecule has 1 atom stereocenters. The van der Waals surface area contributed by atoms with E-state index in [9.17, 15) is 0 Å². The van der Waals surface area contributed by atoms with Gasteiger partial charge in [-0.15, -0.1) is 0 Å². The number of ether oxygens (including phenoxy) is 1. The third-order valence-electron chi connectivity index (χ3n) is 2.90. The number of hydrogen-bond donors (Lipinski definition) is 1. The topological polar surface area (TPSA) is 21.3 Å². The number of thioether (sulfide) groups is 1. The highest BCUT2D eigenvalue weighted by Gasteiger charge is 2.17. The molecule has 0 aromatic heterocycles. The highest BCUT2D eigenvalue weighted by Crippen LogP contribution is 2.32. The first-order chi connectivity index (χ1) is 9.37. The Hall–Kier alpha value is -0.380. The van der Waals surface area contributed by atoms with Crippen LogP contribution in [0.2, 0.25) is 5.02 Å². The lowest BCUT2D eigenvalue weighted by Gasteiger charge is -2.24. The van der Waals surface area contributed by atoms with E-state index < -0.39 is 0 Å². The van der Waals surface area contributed by atoms with Crippen LogP contribution < -0.4 is 10.1 Å². The predicted molar refractivity (Wildman–Crippen MR) is 91.2 cm³/mol. The summed E-state index contributed by atoms with van der Waals surface area (Å²) in [5.74, 6) is 1.78. The van der Waals surface area contributed by atoms with E-state index >= 15 is 0 Å². The van der Waals surface area contributed by atoms with Crippen molar-refractivity contribution < 1.29 is 4.74 Å². The fourth-order valence-electron chi connectivity index (χ4n) is 1.82. The molecule has 4 heteroatoms. The molecule has 2 nitrogen and oxygen atoms in total. The van der Waals surface area contributed by atoms with E-state index in [-0.39, 0.29) is 4.75 Å². The van der Waals surface area contributed by atoms with Crippen molar-refractivity contribution in [1.82, 2.24) is 5.32 Å². The molecule has 0 saturated heterocycles. The molecule has 0 bridgehead atoms. The van der Waals surface area contributed by atoms with Crippen molar-refractivity contribution in [1.29, 1.82) is 0 Å². The Bertz CT molecular complexity index is 417. The van der Waals surface area contributed by atoms with Gasteiger partial charge in [-0.05, 0) is 30.7 Å². The summed E-state index contributed by atoms with van der Waals surface area (Å²) >= 11 is 8.07. The highest BCUT2D eigenvalue weighted by atomic mass is 35.5. The molecule has 1 N–H and O–H groups in total. The molecule has 0 radical (unpaired) electrons. The Kier molecular flexibility index (Phi) is 7.21. The summed E-state index contributed by atoms with van der Waals surface area (Å²) in [7, 11) is 1.66. The molecule has 0 amide bonds. The molecule has 1 aromatic rings. The standard InChI is InChI=1S/C16H26ClNOS/c1-6-9-18-14(11-20-16(2,3)4)12-7-8-13(17)15(10-12)19-5/h7-8,10,14,18H,6,9,11H2,1-5H3. The van der Waals surface area contributed by atoms with Crippen molar-refractivity contribution in [2.45, 2.75) is 44.9 Å². The lowest BCUT2D eigenvalue weighted by Crippen LogP contribution is -2.26. The van der Waals surface area contributed by atoms with Crippen molar-refractivity contribution in [2.24, 2.45) is 0 Å². The van der Waals surface area contributed by atoms with Crippen LogP contribution in [0, 0.1) is 0 Å². The minimum atomic E-state index is 0.267. The van der Waals surface area contributed by atoms with Gasteiger partial charge < -0.3 is 10.1 Å². The molecule has 20 heavy (non-hydrogen) atoms. The second kappa shape index (κ2) is 8.16. The Morgan fingerprint density at radius 1 is 1.35 bits per heavy atom. The number of rotatable bonds is 7. The van der Waals surface area contributed by atoms with E-state index in [1.165, 1.54) is 5.56 Å². The van der Waals surface area contributed by atoms with Gasteiger partial charge >= 0.3 is 0 Å². The zero-order chi connectivity index (χ0) is 15.2. The van der Waals surface area contributed by atoms with Crippen LogP contribution in [0.3, 0.4) is 0 Å². The Morgan fingerprint density at radius 2 is 2.05 bits per heavy atom. The molecule has 0 saturated carbocycles. The van der Waals surface area contributed by atoms with Crippen molar-refractivity contribution in [2.75, 3.05) is 19.4 Å². The fourth-order valence-corrected chi connectivity index (χ4v) is 2.99. The predicted octanol–water partition coefficient (Wildman–Crippen LogP) is 4.92. The van der Waals surface area contributed by atoms with Crippen LogP contribution in [0.4, 0.5) is 0 Å². The van der Waals surface area contributed by atoms with Crippen molar-refractivity contribution in [3.63, 3.8) is 0 Å². The summed E-state index contributed by atoms with van der Waals surface area (Å²) in [6.07, 6.45) is 1.13. The van der Waals surface area contributed by atoms with Gasteiger partial charge in [-0.25, -0.2) is 0 Å². The zero-order valence-corrected chi connectivity index (χ0v) is 14.7. The van der Waals surface area contributed by atoms with Crippen LogP contribution in [0.25, 0.3) is 0 Å². The zero-order valence-electron chi connectivity index (χ0n) is 13.1. The molecule has 1 rings (SSSR count). The molecule has 1 unspecified atom stereocenters. The molecule has 0 aliphatic heterocycles. The molecular formula is C16H26ClNOS. The maximum atomic E-state index is 6.10. The smallest absolute Gasteiger partial charge is 0.137 e. The first kappa shape index (κ1) is 17.7. The summed E-state index contributed by atoms with van der Waals surface area (Å²) in [4.78, 5) is 0. The Morgan fingerprint density at radius 3 is 2.60 bits per heavy atom. The van der Waals surface area contributed by atoms with Gasteiger partial charge in [0.25, 0.3) is 0 Å².